The van der Waals surface area contributed by atoms with Crippen molar-refractivity contribution in [1.29, 1.82) is 0 Å². The third kappa shape index (κ3) is 17.2. The van der Waals surface area contributed by atoms with Crippen molar-refractivity contribution < 1.29 is 60.9 Å². The lowest BCUT2D eigenvalue weighted by Crippen LogP contribution is -2.40. The molecular formula is C80H78N28O13. The number of carboxylic acid groups (broad SMARTS) is 1. The number of carboxylic acids is 1. The van der Waals surface area contributed by atoms with Gasteiger partial charge in [0.2, 0.25) is 23.6 Å². The number of nitrogens with two attached hydrogens (primary N) is 5. The Morgan fingerprint density at radius 3 is 0.818 bits per heavy atom. The molecule has 41 nitrogen and oxygen atoms in total. The van der Waals surface area contributed by atoms with Gasteiger partial charge in [0.05, 0.1) is 49.2 Å². The van der Waals surface area contributed by atoms with E-state index in [0.717, 1.165) is 94.3 Å². The number of aromatic carboxylic acids is 1. The molecule has 0 aliphatic carbocycles. The molecule has 14 N–H and O–H groups in total. The first-order valence-corrected chi connectivity index (χ1v) is 38.1. The quantitative estimate of drug-likeness (QED) is 0.0382. The van der Waals surface area contributed by atoms with E-state index in [-0.39, 0.29) is 93.6 Å². The van der Waals surface area contributed by atoms with E-state index in [4.69, 9.17) is 65.3 Å². The van der Waals surface area contributed by atoms with Gasteiger partial charge in [-0.05, 0) is 102 Å². The van der Waals surface area contributed by atoms with Crippen LogP contribution in [-0.2, 0) is 18.9 Å². The van der Waals surface area contributed by atoms with Gasteiger partial charge in [0, 0.05) is 147 Å². The Kier molecular flexibility index (Phi) is 23.0. The smallest absolute Gasteiger partial charge is 0.358 e. The second-order valence-corrected chi connectivity index (χ2v) is 27.9. The zero-order valence-corrected chi connectivity index (χ0v) is 65.3. The van der Waals surface area contributed by atoms with E-state index in [1.54, 1.807) is 43.1 Å². The van der Waals surface area contributed by atoms with Crippen LogP contribution < -0.4 is 44.6 Å². The van der Waals surface area contributed by atoms with Crippen molar-refractivity contribution in [2.75, 3.05) is 75.5 Å². The number of oxazole rings is 4. The molecule has 41 heteroatoms. The number of nitrogens with one attached hydrogen (secondary N) is 3. The lowest BCUT2D eigenvalue weighted by molar-refractivity contribution is -0.0473. The summed E-state index contributed by atoms with van der Waals surface area (Å²) in [6.45, 7) is 12.7. The van der Waals surface area contributed by atoms with Crippen molar-refractivity contribution >= 4 is 69.6 Å². The zero-order valence-electron chi connectivity index (χ0n) is 65.3. The van der Waals surface area contributed by atoms with E-state index < -0.39 is 23.7 Å². The van der Waals surface area contributed by atoms with E-state index in [9.17, 15) is 24.3 Å². The Balaban J connectivity index is 0.000000117. The minimum Gasteiger partial charge on any atom is -0.476 e. The number of imidazole rings is 4. The average Bonchev–Trinajstić information content (AvgIpc) is 1.76. The molecule has 121 heavy (non-hydrogen) atoms. The van der Waals surface area contributed by atoms with Crippen molar-refractivity contribution in [2.45, 2.75) is 77.8 Å². The predicted octanol–water partition coefficient (Wildman–Crippen LogP) is 7.34. The topological polar surface area (TPSA) is 568 Å². The van der Waals surface area contributed by atoms with Crippen LogP contribution in [0.3, 0.4) is 0 Å². The maximum absolute atomic E-state index is 12.7. The largest absolute Gasteiger partial charge is 0.476 e. The van der Waals surface area contributed by atoms with Gasteiger partial charge in [-0.1, -0.05) is 0 Å². The monoisotopic (exact) mass is 1640 g/mol. The highest BCUT2D eigenvalue weighted by atomic mass is 16.5. The molecule has 3 amide bonds. The van der Waals surface area contributed by atoms with E-state index in [2.05, 4.69) is 95.7 Å². The lowest BCUT2D eigenvalue weighted by Gasteiger charge is -2.26. The number of nitrogens with zero attached hydrogens (tertiary/aromatic N) is 20. The van der Waals surface area contributed by atoms with Crippen molar-refractivity contribution in [2.24, 2.45) is 5.73 Å². The predicted molar refractivity (Wildman–Crippen MR) is 434 cm³/mol. The summed E-state index contributed by atoms with van der Waals surface area (Å²) in [5.41, 5.74) is 41.7. The van der Waals surface area contributed by atoms with Crippen LogP contribution in [0, 0.1) is 27.7 Å². The van der Waals surface area contributed by atoms with Gasteiger partial charge in [-0.2, -0.15) is 0 Å². The van der Waals surface area contributed by atoms with E-state index in [1.165, 1.54) is 49.8 Å². The van der Waals surface area contributed by atoms with Gasteiger partial charge < -0.3 is 104 Å². The number of rotatable bonds is 19. The zero-order chi connectivity index (χ0) is 84.0. The highest BCUT2D eigenvalue weighted by Crippen LogP contribution is 2.36. The third-order valence-electron chi connectivity index (χ3n) is 19.8. The number of hydrogen-bond acceptors (Lipinski definition) is 33. The molecule has 0 bridgehead atoms. The number of pyridine rings is 4. The Hall–Kier alpha value is -15.2. The molecule has 16 aromatic heterocycles. The summed E-state index contributed by atoms with van der Waals surface area (Å²) in [6.07, 6.45) is 30.7. The lowest BCUT2D eigenvalue weighted by atomic mass is 10.1. The van der Waals surface area contributed by atoms with Crippen LogP contribution in [0.1, 0.15) is 90.4 Å². The Morgan fingerprint density at radius 2 is 0.612 bits per heavy atom. The van der Waals surface area contributed by atoms with Crippen molar-refractivity contribution in [3.63, 3.8) is 0 Å². The highest BCUT2D eigenvalue weighted by Gasteiger charge is 2.30. The van der Waals surface area contributed by atoms with E-state index in [0.29, 0.717) is 97.5 Å². The summed E-state index contributed by atoms with van der Waals surface area (Å²) < 4.78 is 50.2. The number of anilines is 4. The number of hydrogen-bond donors (Lipinski definition) is 9. The highest BCUT2D eigenvalue weighted by molar-refractivity contribution is 6.00. The number of fused-ring (bicyclic) bond motifs is 4. The second-order valence-electron chi connectivity index (χ2n) is 27.9. The van der Waals surface area contributed by atoms with E-state index in [1.807, 2.05) is 100 Å². The molecule has 4 atom stereocenters. The van der Waals surface area contributed by atoms with Crippen LogP contribution in [0.4, 0.5) is 23.3 Å². The van der Waals surface area contributed by atoms with Gasteiger partial charge in [0.25, 0.3) is 17.7 Å². The minimum atomic E-state index is -1.26. The standard InChI is InChI=1S/3C20H19N7O3.C16H12N6O3.C4H9NO/c3*1-11-8-23-14-3-2-12(10-27(11)14)15-16(20-22-5-7-30-20)26-18(21)17(25-15)19(28)24-9-13-4-6-29-13;1-8-6-19-10-3-2-9(7-22(8)10)11-12(15-18-4-5-25-15)21-14(17)13(20-11)16(23)24;5-3-4-1-2-6-4/h3*2-3,5,7-8,10,13H,4,6,9H2,1H3,(H2,21,26)(H,24,28);2-7H,1H3,(H2,17,21)(H,23,24);4H,1-3,5H2/t2*13-;;;/m00.../s1. The summed E-state index contributed by atoms with van der Waals surface area (Å²) in [6, 6.07) is 14.8. The van der Waals surface area contributed by atoms with Crippen LogP contribution in [0.2, 0.25) is 0 Å². The fourth-order valence-corrected chi connectivity index (χ4v) is 12.9. The Labute approximate surface area is 684 Å². The van der Waals surface area contributed by atoms with Gasteiger partial charge in [-0.3, -0.25) is 14.4 Å². The average molecular weight is 1640 g/mol. The summed E-state index contributed by atoms with van der Waals surface area (Å²) in [5.74, 6) is -1.69. The van der Waals surface area contributed by atoms with Gasteiger partial charge in [0.15, 0.2) is 68.8 Å². The van der Waals surface area contributed by atoms with Gasteiger partial charge in [-0.15, -0.1) is 0 Å². The summed E-state index contributed by atoms with van der Waals surface area (Å²) in [5, 5.41) is 17.7. The number of carbonyl (C=O) groups is 4. The molecule has 0 radical (unpaired) electrons. The number of nitrogen functional groups attached to an aromatic ring is 4. The Bertz CT molecular complexity index is 5990. The molecule has 4 aliphatic rings. The number of aryl methyl sites for hydroxylation is 4. The molecular weight excluding hydrogens is 1560 g/mol. The third-order valence-corrected chi connectivity index (χ3v) is 19.8. The normalized spacial score (nSPS) is 15.7. The first-order valence-electron chi connectivity index (χ1n) is 38.1. The summed E-state index contributed by atoms with van der Waals surface area (Å²) in [7, 11) is 0. The van der Waals surface area contributed by atoms with Gasteiger partial charge >= 0.3 is 5.97 Å². The Morgan fingerprint density at radius 1 is 0.364 bits per heavy atom. The molecule has 0 spiro atoms. The molecule has 4 fully saturated rings. The van der Waals surface area contributed by atoms with Crippen molar-refractivity contribution in [3.05, 3.63) is 193 Å². The maximum Gasteiger partial charge on any atom is 0.358 e. The molecule has 0 aromatic carbocycles. The molecule has 16 aromatic rings. The molecule has 4 saturated heterocycles. The van der Waals surface area contributed by atoms with Crippen LogP contribution >= 0.6 is 0 Å². The minimum absolute atomic E-state index is 0.00105. The number of ether oxygens (including phenoxy) is 4. The first-order chi connectivity index (χ1) is 58.8. The number of carbonyl (C=O) groups excluding carboxylic acids is 3. The summed E-state index contributed by atoms with van der Waals surface area (Å²) in [4.78, 5) is 119. The van der Waals surface area contributed by atoms with Crippen LogP contribution in [-0.4, -0.2) is 203 Å². The molecule has 20 heterocycles. The molecule has 4 aliphatic heterocycles. The number of aromatic nitrogens is 20. The van der Waals surface area contributed by atoms with Crippen LogP contribution in [0.15, 0.2) is 166 Å². The van der Waals surface area contributed by atoms with Gasteiger partial charge in [-0.25, -0.2) is 84.5 Å². The number of amides is 3. The second kappa shape index (κ2) is 34.9. The fourth-order valence-electron chi connectivity index (χ4n) is 12.9. The molecule has 2 unspecified atom stereocenters. The maximum atomic E-state index is 12.7. The van der Waals surface area contributed by atoms with Crippen LogP contribution in [0.5, 0.6) is 0 Å². The fraction of sp³-hybridized carbons (Fsp3) is 0.250. The molecule has 0 saturated carbocycles. The first kappa shape index (κ1) is 79.6. The molecule has 20 rings (SSSR count). The SMILES string of the molecule is Cc1cnc2ccc(-c3nc(C(=O)NCC4CCO4)c(N)nc3-c3ncco3)cn12.Cc1cnc2ccc(-c3nc(C(=O)NC[C@@H]4CCO4)c(N)nc3-c3ncco3)cn12.Cc1cnc2ccc(-c3nc(C(=O)NC[C@@H]4CCO4)c(N)nc3-c3ncco3)cn12.Cc1cnc2ccc(-c3nc(C(=O)O)c(N)nc3-c3ncco3)cn12.NCC1CCO1. The van der Waals surface area contributed by atoms with Crippen molar-refractivity contribution in [3.8, 4) is 91.4 Å². The summed E-state index contributed by atoms with van der Waals surface area (Å²) >= 11 is 0. The van der Waals surface area contributed by atoms with Crippen LogP contribution in [0.25, 0.3) is 114 Å². The van der Waals surface area contributed by atoms with E-state index >= 15 is 0 Å². The van der Waals surface area contributed by atoms with Gasteiger partial charge in [0.1, 0.15) is 70.4 Å². The molecule has 616 valence electrons. The van der Waals surface area contributed by atoms with Crippen molar-refractivity contribution in [1.82, 2.24) is 113 Å².